The van der Waals surface area contributed by atoms with E-state index < -0.39 is 18.5 Å². The van der Waals surface area contributed by atoms with Gasteiger partial charge in [-0.25, -0.2) is 13.9 Å². The summed E-state index contributed by atoms with van der Waals surface area (Å²) >= 11 is 0. The van der Waals surface area contributed by atoms with Crippen molar-refractivity contribution in [2.24, 2.45) is 0 Å². The van der Waals surface area contributed by atoms with Gasteiger partial charge < -0.3 is 4.74 Å². The van der Waals surface area contributed by atoms with Crippen molar-refractivity contribution in [1.82, 2.24) is 14.7 Å². The molecule has 1 saturated heterocycles. The lowest BCUT2D eigenvalue weighted by Gasteiger charge is -2.13. The fourth-order valence-corrected chi connectivity index (χ4v) is 3.58. The normalized spacial score (nSPS) is 15.9. The Hall–Kier alpha value is -3.03. The zero-order chi connectivity index (χ0) is 19.0. The van der Waals surface area contributed by atoms with Gasteiger partial charge >= 0.3 is 5.97 Å². The van der Waals surface area contributed by atoms with Crippen LogP contribution in [0.25, 0.3) is 5.69 Å². The maximum atomic E-state index is 13.2. The van der Waals surface area contributed by atoms with Crippen molar-refractivity contribution >= 4 is 17.8 Å². The molecule has 2 amide bonds. The summed E-state index contributed by atoms with van der Waals surface area (Å²) in [7, 11) is 0. The van der Waals surface area contributed by atoms with Crippen molar-refractivity contribution in [1.29, 1.82) is 0 Å². The molecule has 7 nitrogen and oxygen atoms in total. The van der Waals surface area contributed by atoms with Gasteiger partial charge in [-0.1, -0.05) is 0 Å². The molecule has 0 radical (unpaired) electrons. The second kappa shape index (κ2) is 6.94. The highest BCUT2D eigenvalue weighted by atomic mass is 19.1. The number of amides is 2. The number of ether oxygens (including phenoxy) is 1. The van der Waals surface area contributed by atoms with Gasteiger partial charge in [-0.15, -0.1) is 0 Å². The number of benzene rings is 1. The predicted molar refractivity (Wildman–Crippen MR) is 91.8 cm³/mol. The van der Waals surface area contributed by atoms with E-state index in [1.54, 1.807) is 16.8 Å². The SMILES string of the molecule is O=C(OCC(=O)N1CCCC1=O)c1nn(-c2ccc(F)cc2)c2c1CCC2. The first-order chi connectivity index (χ1) is 13.0. The Kier molecular flexibility index (Phi) is 4.47. The number of hydrogen-bond acceptors (Lipinski definition) is 5. The van der Waals surface area contributed by atoms with Crippen LogP contribution in [-0.2, 0) is 27.2 Å². The molecule has 0 bridgehead atoms. The van der Waals surface area contributed by atoms with E-state index in [-0.39, 0.29) is 17.4 Å². The third-order valence-electron chi connectivity index (χ3n) is 4.90. The van der Waals surface area contributed by atoms with Crippen LogP contribution in [0.15, 0.2) is 24.3 Å². The van der Waals surface area contributed by atoms with Gasteiger partial charge in [0, 0.05) is 24.2 Å². The maximum Gasteiger partial charge on any atom is 0.359 e. The highest BCUT2D eigenvalue weighted by Crippen LogP contribution is 2.28. The first-order valence-electron chi connectivity index (χ1n) is 8.91. The van der Waals surface area contributed by atoms with E-state index in [2.05, 4.69) is 5.10 Å². The Labute approximate surface area is 154 Å². The average Bonchev–Trinajstić information content (AvgIpc) is 3.36. The monoisotopic (exact) mass is 371 g/mol. The standard InChI is InChI=1S/C19H18FN3O4/c20-12-6-8-13(9-7-12)23-15-4-1-3-14(15)18(21-23)19(26)27-11-17(25)22-10-2-5-16(22)24/h6-9H,1-5,10-11H2. The van der Waals surface area contributed by atoms with E-state index in [9.17, 15) is 18.8 Å². The quantitative estimate of drug-likeness (QED) is 0.766. The summed E-state index contributed by atoms with van der Waals surface area (Å²) in [6.45, 7) is -0.118. The summed E-state index contributed by atoms with van der Waals surface area (Å²) in [6.07, 6.45) is 3.31. The fourth-order valence-electron chi connectivity index (χ4n) is 3.58. The molecule has 4 rings (SSSR count). The molecule has 0 saturated carbocycles. The minimum Gasteiger partial charge on any atom is -0.451 e. The van der Waals surface area contributed by atoms with Crippen LogP contribution in [0.3, 0.4) is 0 Å². The summed E-state index contributed by atoms with van der Waals surface area (Å²) in [6, 6.07) is 5.86. The second-order valence-electron chi connectivity index (χ2n) is 6.63. The number of carbonyl (C=O) groups is 3. The lowest BCUT2D eigenvalue weighted by atomic mass is 10.2. The Morgan fingerprint density at radius 3 is 2.59 bits per heavy atom. The molecule has 2 aliphatic rings. The molecule has 1 fully saturated rings. The zero-order valence-electron chi connectivity index (χ0n) is 14.6. The Morgan fingerprint density at radius 2 is 1.89 bits per heavy atom. The van der Waals surface area contributed by atoms with E-state index in [0.717, 1.165) is 29.0 Å². The smallest absolute Gasteiger partial charge is 0.359 e. The molecule has 0 N–H and O–H groups in total. The summed E-state index contributed by atoms with van der Waals surface area (Å²) in [5.41, 5.74) is 2.53. The van der Waals surface area contributed by atoms with Crippen molar-refractivity contribution in [3.05, 3.63) is 47.0 Å². The van der Waals surface area contributed by atoms with E-state index in [1.165, 1.54) is 12.1 Å². The lowest BCUT2D eigenvalue weighted by Crippen LogP contribution is -2.35. The van der Waals surface area contributed by atoms with Gasteiger partial charge in [0.15, 0.2) is 12.3 Å². The average molecular weight is 371 g/mol. The number of hydrogen-bond donors (Lipinski definition) is 0. The van der Waals surface area contributed by atoms with Crippen LogP contribution in [0.1, 0.15) is 41.0 Å². The molecular formula is C19H18FN3O4. The van der Waals surface area contributed by atoms with E-state index in [0.29, 0.717) is 31.5 Å². The molecule has 0 unspecified atom stereocenters. The largest absolute Gasteiger partial charge is 0.451 e. The highest BCUT2D eigenvalue weighted by Gasteiger charge is 2.30. The highest BCUT2D eigenvalue weighted by molar-refractivity contribution is 5.98. The van der Waals surface area contributed by atoms with Crippen molar-refractivity contribution in [3.63, 3.8) is 0 Å². The molecule has 8 heteroatoms. The first kappa shape index (κ1) is 17.4. The molecule has 1 aliphatic carbocycles. The van der Waals surface area contributed by atoms with Crippen LogP contribution in [0.5, 0.6) is 0 Å². The maximum absolute atomic E-state index is 13.2. The van der Waals surface area contributed by atoms with Gasteiger partial charge in [0.2, 0.25) is 5.91 Å². The van der Waals surface area contributed by atoms with Gasteiger partial charge in [0.1, 0.15) is 5.82 Å². The minimum atomic E-state index is -0.686. The topological polar surface area (TPSA) is 81.5 Å². The summed E-state index contributed by atoms with van der Waals surface area (Å²) < 4.78 is 19.9. The van der Waals surface area contributed by atoms with Crippen LogP contribution in [0.4, 0.5) is 4.39 Å². The van der Waals surface area contributed by atoms with Gasteiger partial charge in [0.05, 0.1) is 5.69 Å². The van der Waals surface area contributed by atoms with Crippen LogP contribution in [-0.4, -0.2) is 45.6 Å². The number of halogens is 1. The Bertz CT molecular complexity index is 920. The van der Waals surface area contributed by atoms with E-state index in [4.69, 9.17) is 4.74 Å². The van der Waals surface area contributed by atoms with Crippen LogP contribution in [0, 0.1) is 5.82 Å². The summed E-state index contributed by atoms with van der Waals surface area (Å²) in [5.74, 6) is -1.79. The van der Waals surface area contributed by atoms with Crippen molar-refractivity contribution < 1.29 is 23.5 Å². The number of likely N-dealkylation sites (tertiary alicyclic amines) is 1. The molecule has 140 valence electrons. The fraction of sp³-hybridized carbons (Fsp3) is 0.368. The second-order valence-corrected chi connectivity index (χ2v) is 6.63. The number of aromatic nitrogens is 2. The number of fused-ring (bicyclic) bond motifs is 1. The molecular weight excluding hydrogens is 353 g/mol. The van der Waals surface area contributed by atoms with Gasteiger partial charge in [-0.3, -0.25) is 14.5 Å². The summed E-state index contributed by atoms with van der Waals surface area (Å²) in [5, 5.41) is 4.35. The zero-order valence-corrected chi connectivity index (χ0v) is 14.6. The molecule has 0 spiro atoms. The van der Waals surface area contributed by atoms with Crippen LogP contribution >= 0.6 is 0 Å². The number of rotatable bonds is 4. The molecule has 1 aliphatic heterocycles. The van der Waals surface area contributed by atoms with Crippen LogP contribution < -0.4 is 0 Å². The minimum absolute atomic E-state index is 0.173. The third-order valence-corrected chi connectivity index (χ3v) is 4.90. The molecule has 1 aromatic carbocycles. The molecule has 0 atom stereocenters. The molecule has 2 heterocycles. The van der Waals surface area contributed by atoms with E-state index >= 15 is 0 Å². The lowest BCUT2D eigenvalue weighted by molar-refractivity contribution is -0.143. The molecule has 1 aromatic heterocycles. The number of esters is 1. The summed E-state index contributed by atoms with van der Waals surface area (Å²) in [4.78, 5) is 37.3. The van der Waals surface area contributed by atoms with Crippen molar-refractivity contribution in [3.8, 4) is 5.69 Å². The number of nitrogens with zero attached hydrogens (tertiary/aromatic N) is 3. The number of imide groups is 1. The Balaban J connectivity index is 1.52. The van der Waals surface area contributed by atoms with Crippen LogP contribution in [0.2, 0.25) is 0 Å². The third kappa shape index (κ3) is 3.22. The van der Waals surface area contributed by atoms with E-state index in [1.807, 2.05) is 0 Å². The molecule has 2 aromatic rings. The first-order valence-corrected chi connectivity index (χ1v) is 8.91. The van der Waals surface area contributed by atoms with Crippen molar-refractivity contribution in [2.45, 2.75) is 32.1 Å². The number of carbonyl (C=O) groups excluding carboxylic acids is 3. The van der Waals surface area contributed by atoms with Gasteiger partial charge in [0.25, 0.3) is 5.91 Å². The Morgan fingerprint density at radius 1 is 1.11 bits per heavy atom. The molecule has 27 heavy (non-hydrogen) atoms. The van der Waals surface area contributed by atoms with Crippen molar-refractivity contribution in [2.75, 3.05) is 13.2 Å². The van der Waals surface area contributed by atoms with Gasteiger partial charge in [-0.05, 0) is 49.9 Å². The van der Waals surface area contributed by atoms with Gasteiger partial charge in [-0.2, -0.15) is 5.10 Å². The predicted octanol–water partition coefficient (Wildman–Crippen LogP) is 1.81.